The smallest absolute Gasteiger partial charge is 0.167 e. The minimum atomic E-state index is 0.187. The Bertz CT molecular complexity index is 462. The van der Waals surface area contributed by atoms with Crippen LogP contribution >= 0.6 is 0 Å². The van der Waals surface area contributed by atoms with E-state index < -0.39 is 0 Å². The Morgan fingerprint density at radius 2 is 1.84 bits per heavy atom. The molecule has 1 fully saturated rings. The van der Waals surface area contributed by atoms with E-state index in [-0.39, 0.29) is 5.78 Å². The van der Waals surface area contributed by atoms with Crippen LogP contribution in [0.25, 0.3) is 0 Å². The van der Waals surface area contributed by atoms with Crippen molar-refractivity contribution >= 4 is 5.78 Å². The van der Waals surface area contributed by atoms with Crippen molar-refractivity contribution in [3.05, 3.63) is 28.8 Å². The van der Waals surface area contributed by atoms with Gasteiger partial charge >= 0.3 is 0 Å². The molecule has 0 bridgehead atoms. The molecule has 1 aliphatic rings. The Hall–Kier alpha value is -1.35. The molecule has 3 nitrogen and oxygen atoms in total. The van der Waals surface area contributed by atoms with Crippen LogP contribution in [0, 0.1) is 13.8 Å². The first-order valence-electron chi connectivity index (χ1n) is 7.02. The number of ketones is 1. The number of hydrogen-bond acceptors (Lipinski definition) is 3. The van der Waals surface area contributed by atoms with Crippen LogP contribution in [0.2, 0.25) is 0 Å². The number of carbonyl (C=O) groups excluding carboxylic acids is 1. The second-order valence-electron chi connectivity index (χ2n) is 5.36. The Morgan fingerprint density at radius 1 is 1.21 bits per heavy atom. The molecule has 1 saturated heterocycles. The van der Waals surface area contributed by atoms with Crippen LogP contribution in [0.15, 0.2) is 12.1 Å². The molecule has 19 heavy (non-hydrogen) atoms. The van der Waals surface area contributed by atoms with E-state index in [9.17, 15) is 4.79 Å². The molecule has 0 N–H and O–H groups in total. The number of ether oxygens (including phenoxy) is 1. The Kier molecular flexibility index (Phi) is 4.59. The van der Waals surface area contributed by atoms with E-state index in [1.807, 2.05) is 26.0 Å². The topological polar surface area (TPSA) is 29.5 Å². The van der Waals surface area contributed by atoms with E-state index in [4.69, 9.17) is 4.74 Å². The van der Waals surface area contributed by atoms with Crippen molar-refractivity contribution in [1.29, 1.82) is 0 Å². The van der Waals surface area contributed by atoms with Gasteiger partial charge in [-0.25, -0.2) is 0 Å². The molecule has 0 unspecified atom stereocenters. The number of benzene rings is 1. The second-order valence-corrected chi connectivity index (χ2v) is 5.36. The fraction of sp³-hybridized carbons (Fsp3) is 0.562. The van der Waals surface area contributed by atoms with E-state index >= 15 is 0 Å². The average Bonchev–Trinajstić information content (AvgIpc) is 2.91. The van der Waals surface area contributed by atoms with Crippen molar-refractivity contribution in [2.45, 2.75) is 33.1 Å². The Balaban J connectivity index is 2.07. The summed E-state index contributed by atoms with van der Waals surface area (Å²) < 4.78 is 5.34. The van der Waals surface area contributed by atoms with Crippen molar-refractivity contribution in [3.8, 4) is 5.75 Å². The third-order valence-corrected chi connectivity index (χ3v) is 3.97. The Labute approximate surface area is 115 Å². The summed E-state index contributed by atoms with van der Waals surface area (Å²) >= 11 is 0. The molecular weight excluding hydrogens is 238 g/mol. The molecule has 1 heterocycles. The third-order valence-electron chi connectivity index (χ3n) is 3.97. The summed E-state index contributed by atoms with van der Waals surface area (Å²) in [7, 11) is 1.63. The maximum atomic E-state index is 12.3. The zero-order valence-electron chi connectivity index (χ0n) is 12.2. The van der Waals surface area contributed by atoms with Gasteiger partial charge in [-0.15, -0.1) is 0 Å². The van der Waals surface area contributed by atoms with E-state index in [0.717, 1.165) is 36.3 Å². The lowest BCUT2D eigenvalue weighted by Gasteiger charge is -2.15. The van der Waals surface area contributed by atoms with Crippen LogP contribution in [0.4, 0.5) is 0 Å². The number of aryl methyl sites for hydroxylation is 2. The molecule has 1 aromatic rings. The Morgan fingerprint density at radius 3 is 2.47 bits per heavy atom. The number of hydrogen-bond donors (Lipinski definition) is 0. The van der Waals surface area contributed by atoms with Crippen molar-refractivity contribution in [1.82, 2.24) is 4.90 Å². The van der Waals surface area contributed by atoms with Gasteiger partial charge in [0.15, 0.2) is 5.78 Å². The van der Waals surface area contributed by atoms with Gasteiger partial charge in [0.1, 0.15) is 5.75 Å². The SMILES string of the molecule is COc1cc(C)c(C)cc1C(=O)CCN1CCCC1. The van der Waals surface area contributed by atoms with Gasteiger partial charge in [-0.1, -0.05) is 0 Å². The van der Waals surface area contributed by atoms with Crippen LogP contribution in [-0.4, -0.2) is 37.4 Å². The van der Waals surface area contributed by atoms with Gasteiger partial charge in [0, 0.05) is 13.0 Å². The van der Waals surface area contributed by atoms with Gasteiger partial charge < -0.3 is 9.64 Å². The molecule has 0 spiro atoms. The molecule has 1 aliphatic heterocycles. The predicted octanol–water partition coefficient (Wildman–Crippen LogP) is 2.98. The van der Waals surface area contributed by atoms with Crippen molar-refractivity contribution in [3.63, 3.8) is 0 Å². The van der Waals surface area contributed by atoms with Gasteiger partial charge in [-0.3, -0.25) is 4.79 Å². The largest absolute Gasteiger partial charge is 0.496 e. The summed E-state index contributed by atoms with van der Waals surface area (Å²) in [6.07, 6.45) is 3.11. The first-order chi connectivity index (χ1) is 9.11. The van der Waals surface area contributed by atoms with Gasteiger partial charge in [0.25, 0.3) is 0 Å². The zero-order valence-corrected chi connectivity index (χ0v) is 12.2. The van der Waals surface area contributed by atoms with Crippen LogP contribution in [-0.2, 0) is 0 Å². The predicted molar refractivity (Wildman–Crippen MR) is 77.1 cm³/mol. The zero-order chi connectivity index (χ0) is 13.8. The maximum Gasteiger partial charge on any atom is 0.167 e. The molecular formula is C16H23NO2. The monoisotopic (exact) mass is 261 g/mol. The summed E-state index contributed by atoms with van der Waals surface area (Å²) in [6.45, 7) is 7.21. The summed E-state index contributed by atoms with van der Waals surface area (Å²) in [5.41, 5.74) is 3.03. The lowest BCUT2D eigenvalue weighted by Crippen LogP contribution is -2.22. The number of likely N-dealkylation sites (tertiary alicyclic amines) is 1. The molecule has 0 saturated carbocycles. The van der Waals surface area contributed by atoms with Crippen LogP contribution in [0.3, 0.4) is 0 Å². The van der Waals surface area contributed by atoms with Gasteiger partial charge in [0.05, 0.1) is 12.7 Å². The van der Waals surface area contributed by atoms with Crippen molar-refractivity contribution in [2.24, 2.45) is 0 Å². The van der Waals surface area contributed by atoms with Crippen molar-refractivity contribution in [2.75, 3.05) is 26.7 Å². The summed E-state index contributed by atoms with van der Waals surface area (Å²) in [5, 5.41) is 0. The van der Waals surface area contributed by atoms with Gasteiger partial charge in [0.2, 0.25) is 0 Å². The summed E-state index contributed by atoms with van der Waals surface area (Å²) in [6, 6.07) is 3.92. The number of rotatable bonds is 5. The number of methoxy groups -OCH3 is 1. The number of nitrogens with zero attached hydrogens (tertiary/aromatic N) is 1. The van der Waals surface area contributed by atoms with Gasteiger partial charge in [-0.05, 0) is 63.0 Å². The molecule has 104 valence electrons. The fourth-order valence-electron chi connectivity index (χ4n) is 2.58. The quantitative estimate of drug-likeness (QED) is 0.763. The van der Waals surface area contributed by atoms with E-state index in [0.29, 0.717) is 12.2 Å². The van der Waals surface area contributed by atoms with Crippen molar-refractivity contribution < 1.29 is 9.53 Å². The lowest BCUT2D eigenvalue weighted by atomic mass is 10.0. The van der Waals surface area contributed by atoms with E-state index in [1.54, 1.807) is 7.11 Å². The molecule has 0 atom stereocenters. The number of carbonyl (C=O) groups is 1. The molecule has 1 aromatic carbocycles. The highest BCUT2D eigenvalue weighted by atomic mass is 16.5. The summed E-state index contributed by atoms with van der Waals surface area (Å²) in [4.78, 5) is 14.7. The molecule has 0 aliphatic carbocycles. The third kappa shape index (κ3) is 3.35. The van der Waals surface area contributed by atoms with Gasteiger partial charge in [-0.2, -0.15) is 0 Å². The highest BCUT2D eigenvalue weighted by Gasteiger charge is 2.17. The van der Waals surface area contributed by atoms with Crippen LogP contribution in [0.5, 0.6) is 5.75 Å². The number of Topliss-reactive ketones (excluding diaryl/α,β-unsaturated/α-hetero) is 1. The fourth-order valence-corrected chi connectivity index (χ4v) is 2.58. The molecule has 0 radical (unpaired) electrons. The highest BCUT2D eigenvalue weighted by molar-refractivity contribution is 5.99. The minimum Gasteiger partial charge on any atom is -0.496 e. The van der Waals surface area contributed by atoms with E-state index in [1.165, 1.54) is 12.8 Å². The molecule has 0 aromatic heterocycles. The first-order valence-corrected chi connectivity index (χ1v) is 7.02. The van der Waals surface area contributed by atoms with Crippen LogP contribution in [0.1, 0.15) is 40.7 Å². The average molecular weight is 261 g/mol. The second kappa shape index (κ2) is 6.20. The summed E-state index contributed by atoms with van der Waals surface area (Å²) in [5.74, 6) is 0.890. The van der Waals surface area contributed by atoms with E-state index in [2.05, 4.69) is 4.90 Å². The maximum absolute atomic E-state index is 12.3. The normalized spacial score (nSPS) is 15.7. The standard InChI is InChI=1S/C16H23NO2/c1-12-10-14(16(19-3)11-13(12)2)15(18)6-9-17-7-4-5-8-17/h10-11H,4-9H2,1-3H3. The highest BCUT2D eigenvalue weighted by Crippen LogP contribution is 2.24. The molecule has 3 heteroatoms. The minimum absolute atomic E-state index is 0.187. The molecule has 2 rings (SSSR count). The van der Waals surface area contributed by atoms with Crippen LogP contribution < -0.4 is 4.74 Å². The molecule has 0 amide bonds. The first kappa shape index (κ1) is 14.1. The lowest BCUT2D eigenvalue weighted by molar-refractivity contribution is 0.0966.